The van der Waals surface area contributed by atoms with E-state index in [1.807, 2.05) is 12.1 Å². The van der Waals surface area contributed by atoms with E-state index in [0.717, 1.165) is 5.56 Å². The minimum Gasteiger partial charge on any atom is -0.485 e. The second-order valence-electron chi connectivity index (χ2n) is 4.20. The molecule has 0 aliphatic rings. The summed E-state index contributed by atoms with van der Waals surface area (Å²) in [5.74, 6) is 0.468. The maximum Gasteiger partial charge on any atom is 0.200 e. The van der Waals surface area contributed by atoms with Gasteiger partial charge in [0.1, 0.15) is 5.75 Å². The van der Waals surface area contributed by atoms with E-state index in [1.165, 1.54) is 0 Å². The zero-order valence-corrected chi connectivity index (χ0v) is 11.4. The molecule has 2 aromatic rings. The SMILES string of the molecule is N#CCc1ccc(OCC(=O)c2cccc(Cl)c2)cc1. The Morgan fingerprint density at radius 3 is 2.60 bits per heavy atom. The summed E-state index contributed by atoms with van der Waals surface area (Å²) >= 11 is 5.83. The summed E-state index contributed by atoms with van der Waals surface area (Å²) in [6, 6.07) is 15.9. The van der Waals surface area contributed by atoms with Crippen molar-refractivity contribution < 1.29 is 9.53 Å². The highest BCUT2D eigenvalue weighted by atomic mass is 35.5. The normalized spacial score (nSPS) is 9.80. The molecule has 0 bridgehead atoms. The number of carbonyl (C=O) groups is 1. The Morgan fingerprint density at radius 2 is 1.95 bits per heavy atom. The molecule has 4 heteroatoms. The molecule has 0 atom stereocenters. The van der Waals surface area contributed by atoms with Crippen molar-refractivity contribution in [1.29, 1.82) is 5.26 Å². The van der Waals surface area contributed by atoms with E-state index in [0.29, 0.717) is 22.8 Å². The monoisotopic (exact) mass is 285 g/mol. The maximum atomic E-state index is 11.9. The third kappa shape index (κ3) is 3.84. The fourth-order valence-electron chi connectivity index (χ4n) is 1.69. The molecular formula is C16H12ClNO2. The number of carbonyl (C=O) groups excluding carboxylic acids is 1. The molecule has 0 aliphatic carbocycles. The van der Waals surface area contributed by atoms with Gasteiger partial charge in [-0.15, -0.1) is 0 Å². The van der Waals surface area contributed by atoms with Crippen molar-refractivity contribution in [2.75, 3.05) is 6.61 Å². The molecule has 0 radical (unpaired) electrons. The van der Waals surface area contributed by atoms with Gasteiger partial charge in [-0.3, -0.25) is 4.79 Å². The van der Waals surface area contributed by atoms with E-state index < -0.39 is 0 Å². The summed E-state index contributed by atoms with van der Waals surface area (Å²) in [6.07, 6.45) is 0.363. The van der Waals surface area contributed by atoms with E-state index in [4.69, 9.17) is 21.6 Å². The Morgan fingerprint density at radius 1 is 1.20 bits per heavy atom. The van der Waals surface area contributed by atoms with Crippen LogP contribution in [0, 0.1) is 11.3 Å². The Bertz CT molecular complexity index is 644. The van der Waals surface area contributed by atoms with Crippen LogP contribution in [0.25, 0.3) is 0 Å². The Labute approximate surface area is 122 Å². The average molecular weight is 286 g/mol. The molecule has 0 unspecified atom stereocenters. The van der Waals surface area contributed by atoms with Gasteiger partial charge in [0.15, 0.2) is 12.4 Å². The fourth-order valence-corrected chi connectivity index (χ4v) is 1.88. The van der Waals surface area contributed by atoms with Gasteiger partial charge in [0.25, 0.3) is 0 Å². The van der Waals surface area contributed by atoms with Crippen LogP contribution in [0.1, 0.15) is 15.9 Å². The predicted molar refractivity (Wildman–Crippen MR) is 77.0 cm³/mol. The van der Waals surface area contributed by atoms with Crippen LogP contribution in [0.3, 0.4) is 0 Å². The third-order valence-corrected chi connectivity index (χ3v) is 2.96. The highest BCUT2D eigenvalue weighted by Gasteiger charge is 2.07. The summed E-state index contributed by atoms with van der Waals surface area (Å²) in [5, 5.41) is 9.10. The molecule has 0 heterocycles. The minimum absolute atomic E-state index is 0.0437. The number of nitriles is 1. The lowest BCUT2D eigenvalue weighted by atomic mass is 10.1. The predicted octanol–water partition coefficient (Wildman–Crippen LogP) is 3.67. The molecule has 0 amide bonds. The summed E-state index contributed by atoms with van der Waals surface area (Å²) < 4.78 is 5.42. The molecule has 0 saturated carbocycles. The second kappa shape index (κ2) is 6.74. The molecule has 3 nitrogen and oxygen atoms in total. The topological polar surface area (TPSA) is 50.1 Å². The second-order valence-corrected chi connectivity index (χ2v) is 4.64. The lowest BCUT2D eigenvalue weighted by Gasteiger charge is -2.06. The number of Topliss-reactive ketones (excluding diaryl/α,β-unsaturated/α-hetero) is 1. The summed E-state index contributed by atoms with van der Waals surface area (Å²) in [5.41, 5.74) is 1.44. The van der Waals surface area contributed by atoms with E-state index >= 15 is 0 Å². The first-order valence-corrected chi connectivity index (χ1v) is 6.44. The highest BCUT2D eigenvalue weighted by Crippen LogP contribution is 2.14. The standard InChI is InChI=1S/C16H12ClNO2/c17-14-3-1-2-13(10-14)16(19)11-20-15-6-4-12(5-7-15)8-9-18/h1-7,10H,8,11H2. The van der Waals surface area contributed by atoms with Gasteiger partial charge in [-0.25, -0.2) is 0 Å². The van der Waals surface area contributed by atoms with Crippen molar-refractivity contribution in [3.05, 3.63) is 64.7 Å². The molecule has 0 aromatic heterocycles. The van der Waals surface area contributed by atoms with Crippen LogP contribution in [-0.2, 0) is 6.42 Å². The van der Waals surface area contributed by atoms with Gasteiger partial charge in [-0.2, -0.15) is 5.26 Å². The van der Waals surface area contributed by atoms with Crippen molar-refractivity contribution in [1.82, 2.24) is 0 Å². The molecule has 0 aliphatic heterocycles. The van der Waals surface area contributed by atoms with Gasteiger partial charge in [-0.1, -0.05) is 35.9 Å². The molecule has 0 saturated heterocycles. The van der Waals surface area contributed by atoms with Crippen LogP contribution in [0.2, 0.25) is 5.02 Å². The average Bonchev–Trinajstić information content (AvgIpc) is 2.46. The third-order valence-electron chi connectivity index (χ3n) is 2.72. The largest absolute Gasteiger partial charge is 0.485 e. The first kappa shape index (κ1) is 14.1. The lowest BCUT2D eigenvalue weighted by Crippen LogP contribution is -2.11. The van der Waals surface area contributed by atoms with Gasteiger partial charge in [0.2, 0.25) is 0 Å². The maximum absolute atomic E-state index is 11.9. The Balaban J connectivity index is 1.95. The summed E-state index contributed by atoms with van der Waals surface area (Å²) in [7, 11) is 0. The van der Waals surface area contributed by atoms with Crippen molar-refractivity contribution >= 4 is 17.4 Å². The Kier molecular flexibility index (Phi) is 4.75. The number of ether oxygens (including phenoxy) is 1. The molecule has 2 rings (SSSR count). The van der Waals surface area contributed by atoms with Gasteiger partial charge >= 0.3 is 0 Å². The smallest absolute Gasteiger partial charge is 0.200 e. The molecule has 100 valence electrons. The summed E-state index contributed by atoms with van der Waals surface area (Å²) in [6.45, 7) is -0.0437. The van der Waals surface area contributed by atoms with Crippen molar-refractivity contribution in [3.63, 3.8) is 0 Å². The number of rotatable bonds is 5. The van der Waals surface area contributed by atoms with Crippen molar-refractivity contribution in [2.24, 2.45) is 0 Å². The van der Waals surface area contributed by atoms with E-state index in [9.17, 15) is 4.79 Å². The molecule has 20 heavy (non-hydrogen) atoms. The molecular weight excluding hydrogens is 274 g/mol. The Hall–Kier alpha value is -2.31. The number of nitrogens with zero attached hydrogens (tertiary/aromatic N) is 1. The van der Waals surface area contributed by atoms with E-state index in [2.05, 4.69) is 6.07 Å². The number of benzene rings is 2. The van der Waals surface area contributed by atoms with Crippen LogP contribution in [0.15, 0.2) is 48.5 Å². The van der Waals surface area contributed by atoms with Crippen LogP contribution in [0.4, 0.5) is 0 Å². The van der Waals surface area contributed by atoms with E-state index in [-0.39, 0.29) is 12.4 Å². The molecule has 2 aromatic carbocycles. The summed E-state index contributed by atoms with van der Waals surface area (Å²) in [4.78, 5) is 11.9. The van der Waals surface area contributed by atoms with Crippen LogP contribution in [0.5, 0.6) is 5.75 Å². The van der Waals surface area contributed by atoms with E-state index in [1.54, 1.807) is 36.4 Å². The molecule has 0 spiro atoms. The zero-order valence-electron chi connectivity index (χ0n) is 10.7. The first-order chi connectivity index (χ1) is 9.69. The van der Waals surface area contributed by atoms with Crippen molar-refractivity contribution in [2.45, 2.75) is 6.42 Å². The number of hydrogen-bond acceptors (Lipinski definition) is 3. The molecule has 0 fully saturated rings. The number of halogens is 1. The number of hydrogen-bond donors (Lipinski definition) is 0. The quantitative estimate of drug-likeness (QED) is 0.788. The molecule has 0 N–H and O–H groups in total. The van der Waals surface area contributed by atoms with Crippen molar-refractivity contribution in [3.8, 4) is 11.8 Å². The fraction of sp³-hybridized carbons (Fsp3) is 0.125. The van der Waals surface area contributed by atoms with Gasteiger partial charge in [0, 0.05) is 10.6 Å². The highest BCUT2D eigenvalue weighted by molar-refractivity contribution is 6.31. The van der Waals surface area contributed by atoms with Crippen LogP contribution >= 0.6 is 11.6 Å². The van der Waals surface area contributed by atoms with Crippen LogP contribution < -0.4 is 4.74 Å². The minimum atomic E-state index is -0.131. The van der Waals surface area contributed by atoms with Gasteiger partial charge < -0.3 is 4.74 Å². The van der Waals surface area contributed by atoms with Gasteiger partial charge in [0.05, 0.1) is 12.5 Å². The van der Waals surface area contributed by atoms with Gasteiger partial charge in [-0.05, 0) is 29.8 Å². The lowest BCUT2D eigenvalue weighted by molar-refractivity contribution is 0.0921. The number of ketones is 1. The first-order valence-electron chi connectivity index (χ1n) is 6.06. The van der Waals surface area contributed by atoms with Crippen LogP contribution in [-0.4, -0.2) is 12.4 Å². The zero-order chi connectivity index (χ0) is 14.4.